The van der Waals surface area contributed by atoms with Crippen molar-refractivity contribution >= 4 is 22.7 Å². The number of thiazole rings is 1. The number of nitrogens with zero attached hydrogens (tertiary/aromatic N) is 2. The summed E-state index contributed by atoms with van der Waals surface area (Å²) in [5.41, 5.74) is 5.52. The van der Waals surface area contributed by atoms with E-state index in [-0.39, 0.29) is 5.82 Å². The molecule has 1 aromatic heterocycles. The van der Waals surface area contributed by atoms with Gasteiger partial charge in [0.05, 0.1) is 18.5 Å². The Morgan fingerprint density at radius 3 is 2.88 bits per heavy atom. The number of halogens is 1. The summed E-state index contributed by atoms with van der Waals surface area (Å²) in [7, 11) is 0. The second-order valence-corrected chi connectivity index (χ2v) is 6.19. The Kier molecular flexibility index (Phi) is 5.74. The normalized spacial score (nSPS) is 11.0. The van der Waals surface area contributed by atoms with E-state index in [1.807, 2.05) is 29.6 Å². The molecule has 128 valence electrons. The number of nitrogens with one attached hydrogen (secondary N) is 1. The second kappa shape index (κ2) is 8.39. The molecule has 25 heavy (non-hydrogen) atoms. The molecule has 0 aliphatic rings. The summed E-state index contributed by atoms with van der Waals surface area (Å²) in [6, 6.07) is 14.0. The molecule has 1 heterocycles. The Balaban J connectivity index is 1.62. The summed E-state index contributed by atoms with van der Waals surface area (Å²) in [5, 5.41) is 6.79. The third kappa shape index (κ3) is 4.87. The number of rotatable bonds is 7. The first kappa shape index (κ1) is 17.1. The molecule has 3 rings (SSSR count). The van der Waals surface area contributed by atoms with Crippen molar-refractivity contribution in [1.29, 1.82) is 0 Å². The zero-order valence-electron chi connectivity index (χ0n) is 13.8. The van der Waals surface area contributed by atoms with E-state index in [9.17, 15) is 4.39 Å². The zero-order chi connectivity index (χ0) is 17.5. The van der Waals surface area contributed by atoms with E-state index >= 15 is 0 Å². The smallest absolute Gasteiger partial charge is 0.203 e. The summed E-state index contributed by atoms with van der Waals surface area (Å²) in [4.78, 5) is 4.45. The van der Waals surface area contributed by atoms with Gasteiger partial charge in [-0.2, -0.15) is 5.10 Å². The standard InChI is InChI=1S/C19H18FN3OS/c1-2-10-24-17-5-3-4-14(11-17)12-21-23-19-22-18(13-25-19)15-6-8-16(20)9-7-15/h3-9,11-13H,2,10H2,1H3,(H,22,23)/b21-12-. The third-order valence-corrected chi connectivity index (χ3v) is 4.10. The van der Waals surface area contributed by atoms with Gasteiger partial charge >= 0.3 is 0 Å². The van der Waals surface area contributed by atoms with Gasteiger partial charge in [-0.1, -0.05) is 19.1 Å². The Morgan fingerprint density at radius 1 is 1.24 bits per heavy atom. The fourth-order valence-corrected chi connectivity index (χ4v) is 2.81. The topological polar surface area (TPSA) is 46.5 Å². The monoisotopic (exact) mass is 355 g/mol. The predicted octanol–water partition coefficient (Wildman–Crippen LogP) is 5.18. The fraction of sp³-hybridized carbons (Fsp3) is 0.158. The zero-order valence-corrected chi connectivity index (χ0v) is 14.6. The van der Waals surface area contributed by atoms with Crippen LogP contribution in [0.4, 0.5) is 9.52 Å². The molecule has 3 aromatic rings. The van der Waals surface area contributed by atoms with Crippen molar-refractivity contribution in [2.24, 2.45) is 5.10 Å². The molecule has 0 amide bonds. The number of hydrogen-bond acceptors (Lipinski definition) is 5. The minimum Gasteiger partial charge on any atom is -0.494 e. The van der Waals surface area contributed by atoms with E-state index in [0.717, 1.165) is 29.0 Å². The lowest BCUT2D eigenvalue weighted by molar-refractivity contribution is 0.317. The quantitative estimate of drug-likeness (QED) is 0.469. The van der Waals surface area contributed by atoms with E-state index in [0.29, 0.717) is 11.7 Å². The average molecular weight is 355 g/mol. The van der Waals surface area contributed by atoms with Crippen molar-refractivity contribution < 1.29 is 9.13 Å². The van der Waals surface area contributed by atoms with Crippen molar-refractivity contribution in [3.8, 4) is 17.0 Å². The summed E-state index contributed by atoms with van der Waals surface area (Å²) >= 11 is 1.44. The van der Waals surface area contributed by atoms with Crippen LogP contribution >= 0.6 is 11.3 Å². The highest BCUT2D eigenvalue weighted by atomic mass is 32.1. The van der Waals surface area contributed by atoms with Crippen molar-refractivity contribution in [1.82, 2.24) is 4.98 Å². The lowest BCUT2D eigenvalue weighted by atomic mass is 10.2. The number of ether oxygens (including phenoxy) is 1. The minimum absolute atomic E-state index is 0.257. The SMILES string of the molecule is CCCOc1cccc(/C=N\Nc2nc(-c3ccc(F)cc3)cs2)c1. The largest absolute Gasteiger partial charge is 0.494 e. The first-order valence-corrected chi connectivity index (χ1v) is 8.86. The number of benzene rings is 2. The fourth-order valence-electron chi connectivity index (χ4n) is 2.14. The molecular formula is C19H18FN3OS. The second-order valence-electron chi connectivity index (χ2n) is 5.34. The average Bonchev–Trinajstić information content (AvgIpc) is 3.10. The molecule has 0 saturated carbocycles. The number of aromatic nitrogens is 1. The van der Waals surface area contributed by atoms with Crippen LogP contribution in [0.5, 0.6) is 5.75 Å². The Hall–Kier alpha value is -2.73. The molecule has 0 bridgehead atoms. The summed E-state index contributed by atoms with van der Waals surface area (Å²) in [6.45, 7) is 2.77. The van der Waals surface area contributed by atoms with Gasteiger partial charge in [0.1, 0.15) is 11.6 Å². The van der Waals surface area contributed by atoms with Gasteiger partial charge in [-0.15, -0.1) is 11.3 Å². The van der Waals surface area contributed by atoms with Crippen LogP contribution in [0, 0.1) is 5.82 Å². The Labute approximate surface area is 150 Å². The molecule has 0 atom stereocenters. The first-order chi connectivity index (χ1) is 12.2. The maximum atomic E-state index is 13.0. The van der Waals surface area contributed by atoms with E-state index in [4.69, 9.17) is 4.74 Å². The Morgan fingerprint density at radius 2 is 2.08 bits per heavy atom. The first-order valence-electron chi connectivity index (χ1n) is 7.98. The minimum atomic E-state index is -0.257. The van der Waals surface area contributed by atoms with Crippen LogP contribution < -0.4 is 10.2 Å². The van der Waals surface area contributed by atoms with Gasteiger partial charge in [0, 0.05) is 10.9 Å². The number of hydrazone groups is 1. The van der Waals surface area contributed by atoms with E-state index in [1.54, 1.807) is 18.3 Å². The van der Waals surface area contributed by atoms with E-state index in [1.165, 1.54) is 23.5 Å². The van der Waals surface area contributed by atoms with Gasteiger partial charge in [-0.25, -0.2) is 9.37 Å². The van der Waals surface area contributed by atoms with Crippen LogP contribution in [0.2, 0.25) is 0 Å². The molecule has 0 saturated heterocycles. The predicted molar refractivity (Wildman–Crippen MR) is 101 cm³/mol. The van der Waals surface area contributed by atoms with Gasteiger partial charge < -0.3 is 4.74 Å². The number of anilines is 1. The summed E-state index contributed by atoms with van der Waals surface area (Å²) in [6.07, 6.45) is 2.69. The molecule has 0 radical (unpaired) electrons. The molecule has 0 fully saturated rings. The van der Waals surface area contributed by atoms with Crippen molar-refractivity contribution in [3.63, 3.8) is 0 Å². The molecule has 0 spiro atoms. The van der Waals surface area contributed by atoms with Crippen LogP contribution in [-0.4, -0.2) is 17.8 Å². The summed E-state index contributed by atoms with van der Waals surface area (Å²) < 4.78 is 18.6. The van der Waals surface area contributed by atoms with Gasteiger partial charge in [0.25, 0.3) is 0 Å². The molecular weight excluding hydrogens is 337 g/mol. The Bertz CT molecular complexity index is 846. The highest BCUT2D eigenvalue weighted by Gasteiger charge is 2.04. The van der Waals surface area contributed by atoms with Crippen molar-refractivity contribution in [2.75, 3.05) is 12.0 Å². The molecule has 6 heteroatoms. The maximum Gasteiger partial charge on any atom is 0.203 e. The molecule has 4 nitrogen and oxygen atoms in total. The van der Waals surface area contributed by atoms with Gasteiger partial charge in [-0.05, 0) is 48.4 Å². The molecule has 1 N–H and O–H groups in total. The third-order valence-electron chi connectivity index (χ3n) is 3.35. The van der Waals surface area contributed by atoms with Crippen LogP contribution in [0.25, 0.3) is 11.3 Å². The van der Waals surface area contributed by atoms with Gasteiger partial charge in [0.2, 0.25) is 5.13 Å². The van der Waals surface area contributed by atoms with Gasteiger partial charge in [0.15, 0.2) is 0 Å². The lowest BCUT2D eigenvalue weighted by Gasteiger charge is -2.04. The molecule has 0 unspecified atom stereocenters. The van der Waals surface area contributed by atoms with Crippen LogP contribution in [0.1, 0.15) is 18.9 Å². The van der Waals surface area contributed by atoms with Crippen LogP contribution in [0.15, 0.2) is 59.0 Å². The van der Waals surface area contributed by atoms with Crippen molar-refractivity contribution in [3.05, 3.63) is 65.3 Å². The van der Waals surface area contributed by atoms with E-state index < -0.39 is 0 Å². The van der Waals surface area contributed by atoms with Crippen LogP contribution in [0.3, 0.4) is 0 Å². The summed E-state index contributed by atoms with van der Waals surface area (Å²) in [5.74, 6) is 0.575. The lowest BCUT2D eigenvalue weighted by Crippen LogP contribution is -1.96. The van der Waals surface area contributed by atoms with Gasteiger partial charge in [-0.3, -0.25) is 5.43 Å². The van der Waals surface area contributed by atoms with E-state index in [2.05, 4.69) is 22.4 Å². The van der Waals surface area contributed by atoms with Crippen LogP contribution in [-0.2, 0) is 0 Å². The van der Waals surface area contributed by atoms with Crippen molar-refractivity contribution in [2.45, 2.75) is 13.3 Å². The molecule has 2 aromatic carbocycles. The molecule has 0 aliphatic carbocycles. The number of hydrogen-bond donors (Lipinski definition) is 1. The maximum absolute atomic E-state index is 13.0. The molecule has 0 aliphatic heterocycles. The highest BCUT2D eigenvalue weighted by molar-refractivity contribution is 7.14. The highest BCUT2D eigenvalue weighted by Crippen LogP contribution is 2.25.